The zero-order valence-corrected chi connectivity index (χ0v) is 8.28. The van der Waals surface area contributed by atoms with E-state index >= 15 is 0 Å². The third kappa shape index (κ3) is 1.54. The molecule has 4 nitrogen and oxygen atoms in total. The summed E-state index contributed by atoms with van der Waals surface area (Å²) in [7, 11) is 0. The van der Waals surface area contributed by atoms with Gasteiger partial charge in [0.05, 0.1) is 23.1 Å². The normalized spacial score (nSPS) is 10.5. The molecule has 2 rings (SSSR count). The molecule has 0 unspecified atom stereocenters. The van der Waals surface area contributed by atoms with Gasteiger partial charge in [0.2, 0.25) is 0 Å². The zero-order valence-electron chi connectivity index (χ0n) is 8.28. The average molecular weight is 205 g/mol. The summed E-state index contributed by atoms with van der Waals surface area (Å²) in [5.41, 5.74) is 1.02. The van der Waals surface area contributed by atoms with Crippen molar-refractivity contribution in [3.63, 3.8) is 0 Å². The molecule has 1 heterocycles. The van der Waals surface area contributed by atoms with Crippen molar-refractivity contribution in [1.29, 1.82) is 0 Å². The molecule has 0 bridgehead atoms. The molecule has 78 valence electrons. The molecule has 0 radical (unpaired) electrons. The third-order valence-corrected chi connectivity index (χ3v) is 2.20. The van der Waals surface area contributed by atoms with Crippen molar-refractivity contribution >= 4 is 16.9 Å². The van der Waals surface area contributed by atoms with Crippen molar-refractivity contribution in [2.75, 3.05) is 6.61 Å². The number of H-pyrrole nitrogens is 1. The van der Waals surface area contributed by atoms with Gasteiger partial charge in [0.15, 0.2) is 0 Å². The number of carbonyl (C=O) groups is 1. The number of nitrogens with one attached hydrogen (secondary N) is 1. The highest BCUT2D eigenvalue weighted by atomic mass is 16.5. The summed E-state index contributed by atoms with van der Waals surface area (Å²) >= 11 is 0. The van der Waals surface area contributed by atoms with E-state index in [0.29, 0.717) is 17.7 Å². The van der Waals surface area contributed by atoms with Crippen LogP contribution in [0.5, 0.6) is 5.75 Å². The Kier molecular flexibility index (Phi) is 2.33. The number of hydrogen-bond acceptors (Lipinski definition) is 2. The largest absolute Gasteiger partial charge is 0.493 e. The Morgan fingerprint density at radius 2 is 2.33 bits per heavy atom. The molecule has 2 N–H and O–H groups in total. The summed E-state index contributed by atoms with van der Waals surface area (Å²) in [6.45, 7) is 2.38. The van der Waals surface area contributed by atoms with Crippen LogP contribution >= 0.6 is 0 Å². The number of carboxylic acid groups (broad SMARTS) is 1. The molecule has 1 aromatic carbocycles. The SMILES string of the molecule is CCOc1cccc2[nH]cc(C(=O)O)c12. The van der Waals surface area contributed by atoms with Gasteiger partial charge in [0.1, 0.15) is 5.75 Å². The predicted octanol–water partition coefficient (Wildman–Crippen LogP) is 2.26. The predicted molar refractivity (Wildman–Crippen MR) is 56.4 cm³/mol. The van der Waals surface area contributed by atoms with E-state index in [2.05, 4.69) is 4.98 Å². The van der Waals surface area contributed by atoms with Crippen LogP contribution in [0.1, 0.15) is 17.3 Å². The lowest BCUT2D eigenvalue weighted by Gasteiger charge is -2.04. The molecule has 0 spiro atoms. The molecule has 1 aromatic heterocycles. The second-order valence-electron chi connectivity index (χ2n) is 3.12. The minimum absolute atomic E-state index is 0.244. The molecule has 0 saturated carbocycles. The van der Waals surface area contributed by atoms with Crippen molar-refractivity contribution in [3.8, 4) is 5.75 Å². The molecule has 0 aliphatic carbocycles. The van der Waals surface area contributed by atoms with Crippen molar-refractivity contribution in [2.24, 2.45) is 0 Å². The van der Waals surface area contributed by atoms with Crippen LogP contribution < -0.4 is 4.74 Å². The maximum absolute atomic E-state index is 11.0. The second kappa shape index (κ2) is 3.65. The van der Waals surface area contributed by atoms with Gasteiger partial charge in [-0.2, -0.15) is 0 Å². The number of aromatic nitrogens is 1. The summed E-state index contributed by atoms with van der Waals surface area (Å²) in [5.74, 6) is -0.345. The quantitative estimate of drug-likeness (QED) is 0.807. The topological polar surface area (TPSA) is 62.3 Å². The molecule has 15 heavy (non-hydrogen) atoms. The molecule has 0 fully saturated rings. The summed E-state index contributed by atoms with van der Waals surface area (Å²) < 4.78 is 5.38. The number of aromatic carboxylic acids is 1. The average Bonchev–Trinajstić information content (AvgIpc) is 2.62. The van der Waals surface area contributed by atoms with E-state index in [0.717, 1.165) is 5.52 Å². The van der Waals surface area contributed by atoms with E-state index in [-0.39, 0.29) is 5.56 Å². The van der Waals surface area contributed by atoms with E-state index in [1.165, 1.54) is 6.20 Å². The number of ether oxygens (including phenoxy) is 1. The number of aromatic amines is 1. The highest BCUT2D eigenvalue weighted by Crippen LogP contribution is 2.28. The van der Waals surface area contributed by atoms with Crippen LogP contribution in [0.25, 0.3) is 10.9 Å². The Balaban J connectivity index is 2.69. The monoisotopic (exact) mass is 205 g/mol. The summed E-state index contributed by atoms with van der Waals surface area (Å²) in [4.78, 5) is 13.9. The molecule has 2 aromatic rings. The van der Waals surface area contributed by atoms with Crippen molar-refractivity contribution in [2.45, 2.75) is 6.92 Å². The van der Waals surface area contributed by atoms with E-state index in [1.807, 2.05) is 19.1 Å². The molecular formula is C11H11NO3. The van der Waals surface area contributed by atoms with Crippen LogP contribution in [0.4, 0.5) is 0 Å². The lowest BCUT2D eigenvalue weighted by atomic mass is 10.1. The number of hydrogen-bond donors (Lipinski definition) is 2. The van der Waals surface area contributed by atoms with Crippen LogP contribution in [0.15, 0.2) is 24.4 Å². The van der Waals surface area contributed by atoms with Crippen molar-refractivity contribution < 1.29 is 14.6 Å². The van der Waals surface area contributed by atoms with Crippen molar-refractivity contribution in [1.82, 2.24) is 4.98 Å². The Labute approximate surface area is 86.5 Å². The van der Waals surface area contributed by atoms with Gasteiger partial charge in [-0.15, -0.1) is 0 Å². The first-order chi connectivity index (χ1) is 7.24. The molecule has 4 heteroatoms. The minimum Gasteiger partial charge on any atom is -0.493 e. The van der Waals surface area contributed by atoms with Gasteiger partial charge < -0.3 is 14.8 Å². The third-order valence-electron chi connectivity index (χ3n) is 2.20. The van der Waals surface area contributed by atoms with Gasteiger partial charge in [-0.1, -0.05) is 6.07 Å². The fraction of sp³-hybridized carbons (Fsp3) is 0.182. The van der Waals surface area contributed by atoms with Crippen LogP contribution in [0, 0.1) is 0 Å². The number of fused-ring (bicyclic) bond motifs is 1. The Morgan fingerprint density at radius 3 is 3.00 bits per heavy atom. The summed E-state index contributed by atoms with van der Waals surface area (Å²) in [6.07, 6.45) is 1.48. The van der Waals surface area contributed by atoms with E-state index in [1.54, 1.807) is 6.07 Å². The minimum atomic E-state index is -0.951. The van der Waals surface area contributed by atoms with Crippen LogP contribution in [0.2, 0.25) is 0 Å². The molecule has 0 aliphatic rings. The van der Waals surface area contributed by atoms with Gasteiger partial charge in [-0.05, 0) is 19.1 Å². The van der Waals surface area contributed by atoms with Gasteiger partial charge in [0, 0.05) is 6.20 Å². The van der Waals surface area contributed by atoms with E-state index in [9.17, 15) is 4.79 Å². The number of rotatable bonds is 3. The first-order valence-corrected chi connectivity index (χ1v) is 4.70. The van der Waals surface area contributed by atoms with Gasteiger partial charge in [-0.3, -0.25) is 0 Å². The number of carboxylic acids is 1. The van der Waals surface area contributed by atoms with Gasteiger partial charge in [0.25, 0.3) is 0 Å². The van der Waals surface area contributed by atoms with E-state index < -0.39 is 5.97 Å². The Morgan fingerprint density at radius 1 is 1.53 bits per heavy atom. The second-order valence-corrected chi connectivity index (χ2v) is 3.12. The lowest BCUT2D eigenvalue weighted by molar-refractivity contribution is 0.0699. The maximum atomic E-state index is 11.0. The standard InChI is InChI=1S/C11H11NO3/c1-2-15-9-5-3-4-8-10(9)7(6-12-8)11(13)14/h3-6,12H,2H2,1H3,(H,13,14). The molecular weight excluding hydrogens is 194 g/mol. The molecule has 0 atom stereocenters. The lowest BCUT2D eigenvalue weighted by Crippen LogP contribution is -1.97. The molecule has 0 aliphatic heterocycles. The van der Waals surface area contributed by atoms with Gasteiger partial charge >= 0.3 is 5.97 Å². The highest BCUT2D eigenvalue weighted by Gasteiger charge is 2.14. The van der Waals surface area contributed by atoms with Crippen LogP contribution in [-0.2, 0) is 0 Å². The van der Waals surface area contributed by atoms with E-state index in [4.69, 9.17) is 9.84 Å². The smallest absolute Gasteiger partial charge is 0.338 e. The Bertz CT molecular complexity index is 502. The first-order valence-electron chi connectivity index (χ1n) is 4.70. The highest BCUT2D eigenvalue weighted by molar-refractivity contribution is 6.05. The summed E-state index contributed by atoms with van der Waals surface area (Å²) in [5, 5.41) is 9.62. The first kappa shape index (κ1) is 9.58. The number of benzene rings is 1. The Hall–Kier alpha value is -1.97. The van der Waals surface area contributed by atoms with Crippen LogP contribution in [0.3, 0.4) is 0 Å². The maximum Gasteiger partial charge on any atom is 0.338 e. The van der Waals surface area contributed by atoms with Crippen molar-refractivity contribution in [3.05, 3.63) is 30.0 Å². The van der Waals surface area contributed by atoms with Crippen LogP contribution in [-0.4, -0.2) is 22.7 Å². The van der Waals surface area contributed by atoms with Gasteiger partial charge in [-0.25, -0.2) is 4.79 Å². The fourth-order valence-electron chi connectivity index (χ4n) is 1.60. The fourth-order valence-corrected chi connectivity index (χ4v) is 1.60. The summed E-state index contributed by atoms with van der Waals surface area (Å²) in [6, 6.07) is 5.42. The zero-order chi connectivity index (χ0) is 10.8. The molecule has 0 saturated heterocycles. The molecule has 0 amide bonds.